The summed E-state index contributed by atoms with van der Waals surface area (Å²) in [7, 11) is 0. The zero-order chi connectivity index (χ0) is 17.7. The summed E-state index contributed by atoms with van der Waals surface area (Å²) in [4.78, 5) is 23.9. The first-order chi connectivity index (χ1) is 11.4. The van der Waals surface area contributed by atoms with Crippen molar-refractivity contribution in [3.05, 3.63) is 47.7 Å². The van der Waals surface area contributed by atoms with Crippen LogP contribution in [0.25, 0.3) is 0 Å². The number of carbonyl (C=O) groups excluding carboxylic acids is 2. The van der Waals surface area contributed by atoms with E-state index < -0.39 is 17.2 Å². The molecule has 0 radical (unpaired) electrons. The molecule has 0 unspecified atom stereocenters. The molecule has 1 aromatic carbocycles. The predicted molar refractivity (Wildman–Crippen MR) is 92.9 cm³/mol. The van der Waals surface area contributed by atoms with Crippen molar-refractivity contribution < 1.29 is 19.4 Å². The number of allylic oxidation sites excluding steroid dienone is 1. The third kappa shape index (κ3) is 3.92. The molecule has 0 bridgehead atoms. The Bertz CT molecular complexity index is 684. The minimum Gasteiger partial charge on any atom is -0.494 e. The summed E-state index contributed by atoms with van der Waals surface area (Å²) in [6.07, 6.45) is 4.90. The van der Waals surface area contributed by atoms with Crippen molar-refractivity contribution in [1.29, 1.82) is 0 Å². The van der Waals surface area contributed by atoms with Crippen LogP contribution in [0.2, 0.25) is 0 Å². The van der Waals surface area contributed by atoms with Crippen molar-refractivity contribution >= 4 is 17.3 Å². The molecule has 2 N–H and O–H groups in total. The summed E-state index contributed by atoms with van der Waals surface area (Å²) in [5, 5.41) is 13.0. The van der Waals surface area contributed by atoms with E-state index >= 15 is 0 Å². The molecule has 2 rings (SSSR count). The maximum Gasteiger partial charge on any atom is 0.203 e. The molecule has 1 aliphatic rings. The summed E-state index contributed by atoms with van der Waals surface area (Å²) in [6, 6.07) is 7.38. The van der Waals surface area contributed by atoms with E-state index in [0.717, 1.165) is 24.3 Å². The van der Waals surface area contributed by atoms with Gasteiger partial charge in [-0.15, -0.1) is 0 Å². The number of hydrogen-bond donors (Lipinski definition) is 2. The number of benzene rings is 1. The van der Waals surface area contributed by atoms with Crippen LogP contribution >= 0.6 is 0 Å². The number of unbranched alkanes of at least 4 members (excludes halogenated alkanes) is 1. The van der Waals surface area contributed by atoms with Crippen molar-refractivity contribution in [2.75, 3.05) is 11.9 Å². The summed E-state index contributed by atoms with van der Waals surface area (Å²) in [5.41, 5.74) is -0.391. The number of hydrogen-bond acceptors (Lipinski definition) is 5. The van der Waals surface area contributed by atoms with Crippen LogP contribution in [0.4, 0.5) is 5.69 Å². The van der Waals surface area contributed by atoms with Gasteiger partial charge in [0.1, 0.15) is 5.75 Å². The quantitative estimate of drug-likeness (QED) is 0.477. The number of rotatable bonds is 6. The molecule has 0 aliphatic heterocycles. The second kappa shape index (κ2) is 7.45. The first-order valence-corrected chi connectivity index (χ1v) is 8.06. The first kappa shape index (κ1) is 17.9. The fourth-order valence-corrected chi connectivity index (χ4v) is 2.28. The molecule has 0 fully saturated rings. The van der Waals surface area contributed by atoms with E-state index in [0.29, 0.717) is 17.8 Å². The number of ketones is 2. The summed E-state index contributed by atoms with van der Waals surface area (Å²) >= 11 is 0. The Balaban J connectivity index is 2.08. The van der Waals surface area contributed by atoms with E-state index in [1.165, 1.54) is 19.2 Å². The lowest BCUT2D eigenvalue weighted by Crippen LogP contribution is -2.46. The number of ether oxygens (including phenoxy) is 1. The standard InChI is InChI=1S/C19H23NO4/c1-4-5-10-24-15-8-6-14(7-9-15)20-12-16-13(2)11-17(21)19(3,23)18(16)22/h6-9,11-12,20,23H,4-5,10H2,1-3H3/b16-12-/t19-/m1/s1. The summed E-state index contributed by atoms with van der Waals surface area (Å²) < 4.78 is 5.59. The van der Waals surface area contributed by atoms with Crippen LogP contribution in [-0.2, 0) is 9.59 Å². The van der Waals surface area contributed by atoms with Gasteiger partial charge in [0.2, 0.25) is 5.78 Å². The highest BCUT2D eigenvalue weighted by Gasteiger charge is 2.42. The highest BCUT2D eigenvalue weighted by atomic mass is 16.5. The van der Waals surface area contributed by atoms with Crippen LogP contribution < -0.4 is 10.1 Å². The first-order valence-electron chi connectivity index (χ1n) is 8.06. The van der Waals surface area contributed by atoms with Crippen LogP contribution in [0.3, 0.4) is 0 Å². The average molecular weight is 329 g/mol. The third-order valence-corrected chi connectivity index (χ3v) is 3.94. The Kier molecular flexibility index (Phi) is 5.57. The lowest BCUT2D eigenvalue weighted by atomic mass is 9.82. The number of carbonyl (C=O) groups is 2. The van der Waals surface area contributed by atoms with Gasteiger partial charge in [-0.25, -0.2) is 0 Å². The Morgan fingerprint density at radius 3 is 2.54 bits per heavy atom. The zero-order valence-corrected chi connectivity index (χ0v) is 14.3. The van der Waals surface area contributed by atoms with E-state index in [1.54, 1.807) is 6.92 Å². The van der Waals surface area contributed by atoms with Crippen LogP contribution in [0.5, 0.6) is 5.75 Å². The molecule has 1 aliphatic carbocycles. The van der Waals surface area contributed by atoms with Crippen LogP contribution in [0.1, 0.15) is 33.6 Å². The van der Waals surface area contributed by atoms with Crippen LogP contribution in [-0.4, -0.2) is 28.9 Å². The topological polar surface area (TPSA) is 75.6 Å². The molecule has 5 nitrogen and oxygen atoms in total. The normalized spacial score (nSPS) is 22.5. The SMILES string of the molecule is CCCCOc1ccc(N/C=C2\C(=O)[C@](C)(O)C(=O)C=C2C)cc1. The van der Waals surface area contributed by atoms with Crippen molar-refractivity contribution in [3.63, 3.8) is 0 Å². The molecule has 0 heterocycles. The van der Waals surface area contributed by atoms with Gasteiger partial charge in [0, 0.05) is 17.5 Å². The van der Waals surface area contributed by atoms with Crippen molar-refractivity contribution in [1.82, 2.24) is 0 Å². The van der Waals surface area contributed by atoms with Crippen LogP contribution in [0.15, 0.2) is 47.7 Å². The van der Waals surface area contributed by atoms with Gasteiger partial charge in [-0.2, -0.15) is 0 Å². The second-order valence-electron chi connectivity index (χ2n) is 6.02. The van der Waals surface area contributed by atoms with Gasteiger partial charge >= 0.3 is 0 Å². The molecule has 1 atom stereocenters. The maximum atomic E-state index is 12.3. The van der Waals surface area contributed by atoms with Gasteiger partial charge in [-0.1, -0.05) is 13.3 Å². The van der Waals surface area contributed by atoms with Gasteiger partial charge in [0.25, 0.3) is 0 Å². The highest BCUT2D eigenvalue weighted by molar-refractivity contribution is 6.25. The van der Waals surface area contributed by atoms with Crippen molar-refractivity contribution in [2.24, 2.45) is 0 Å². The third-order valence-electron chi connectivity index (χ3n) is 3.94. The largest absolute Gasteiger partial charge is 0.494 e. The Labute approximate surface area is 142 Å². The van der Waals surface area contributed by atoms with Crippen molar-refractivity contribution in [3.8, 4) is 5.75 Å². The number of aliphatic hydroxyl groups is 1. The van der Waals surface area contributed by atoms with E-state index in [4.69, 9.17) is 4.74 Å². The molecule has 0 saturated carbocycles. The van der Waals surface area contributed by atoms with Crippen LogP contribution in [0, 0.1) is 0 Å². The monoisotopic (exact) mass is 329 g/mol. The molecule has 0 spiro atoms. The zero-order valence-electron chi connectivity index (χ0n) is 14.3. The van der Waals surface area contributed by atoms with Gasteiger partial charge in [-0.05, 0) is 56.2 Å². The fraction of sp³-hybridized carbons (Fsp3) is 0.368. The lowest BCUT2D eigenvalue weighted by Gasteiger charge is -2.25. The van der Waals surface area contributed by atoms with Gasteiger partial charge < -0.3 is 15.2 Å². The van der Waals surface area contributed by atoms with Crippen molar-refractivity contribution in [2.45, 2.75) is 39.2 Å². The van der Waals surface area contributed by atoms with E-state index in [9.17, 15) is 14.7 Å². The molecule has 24 heavy (non-hydrogen) atoms. The molecule has 5 heteroatoms. The second-order valence-corrected chi connectivity index (χ2v) is 6.02. The van der Waals surface area contributed by atoms with Gasteiger partial charge in [0.05, 0.1) is 6.61 Å². The minimum absolute atomic E-state index is 0.294. The smallest absolute Gasteiger partial charge is 0.203 e. The highest BCUT2D eigenvalue weighted by Crippen LogP contribution is 2.26. The number of anilines is 1. The molecule has 0 amide bonds. The summed E-state index contributed by atoms with van der Waals surface area (Å²) in [5.74, 6) is -0.393. The average Bonchev–Trinajstić information content (AvgIpc) is 2.55. The van der Waals surface area contributed by atoms with Gasteiger partial charge in [0.15, 0.2) is 11.4 Å². The summed E-state index contributed by atoms with van der Waals surface area (Å²) in [6.45, 7) is 5.69. The Morgan fingerprint density at radius 1 is 1.25 bits per heavy atom. The Morgan fingerprint density at radius 2 is 1.92 bits per heavy atom. The van der Waals surface area contributed by atoms with E-state index in [-0.39, 0.29) is 0 Å². The number of nitrogens with one attached hydrogen (secondary N) is 1. The molecule has 1 aromatic rings. The number of Topliss-reactive ketones (excluding diaryl/α,β-unsaturated/α-hetero) is 1. The maximum absolute atomic E-state index is 12.3. The molecule has 128 valence electrons. The Hall–Kier alpha value is -2.40. The molecular formula is C19H23NO4. The van der Waals surface area contributed by atoms with E-state index in [1.807, 2.05) is 24.3 Å². The fourth-order valence-electron chi connectivity index (χ4n) is 2.28. The van der Waals surface area contributed by atoms with Gasteiger partial charge in [-0.3, -0.25) is 9.59 Å². The van der Waals surface area contributed by atoms with E-state index in [2.05, 4.69) is 12.2 Å². The molecule has 0 saturated heterocycles. The lowest BCUT2D eigenvalue weighted by molar-refractivity contribution is -0.144. The minimum atomic E-state index is -2.00. The predicted octanol–water partition coefficient (Wildman–Crippen LogP) is 3.01. The molecular weight excluding hydrogens is 306 g/mol. The molecule has 0 aromatic heterocycles.